The third kappa shape index (κ3) is 4.30. The van der Waals surface area contributed by atoms with Crippen LogP contribution in [-0.2, 0) is 6.54 Å². The largest absolute Gasteiger partial charge is 0.355 e. The van der Waals surface area contributed by atoms with Gasteiger partial charge in [0, 0.05) is 57.9 Å². The number of rotatable bonds is 5. The van der Waals surface area contributed by atoms with Gasteiger partial charge in [-0.25, -0.2) is 9.97 Å². The average Bonchev–Trinajstić information content (AvgIpc) is 2.65. The molecule has 3 heterocycles. The summed E-state index contributed by atoms with van der Waals surface area (Å²) in [5, 5.41) is 3.03. The van der Waals surface area contributed by atoms with Crippen LogP contribution in [0.5, 0.6) is 0 Å². The van der Waals surface area contributed by atoms with Crippen LogP contribution in [0, 0.1) is 6.92 Å². The molecule has 0 aliphatic carbocycles. The van der Waals surface area contributed by atoms with Gasteiger partial charge in [0.05, 0.1) is 11.3 Å². The maximum absolute atomic E-state index is 12.6. The van der Waals surface area contributed by atoms with Gasteiger partial charge >= 0.3 is 0 Å². The highest BCUT2D eigenvalue weighted by Gasteiger charge is 2.23. The molecule has 0 spiro atoms. The molecular weight excluding hydrogens is 316 g/mol. The number of aromatic nitrogens is 3. The zero-order valence-corrected chi connectivity index (χ0v) is 14.8. The van der Waals surface area contributed by atoms with Gasteiger partial charge in [0.15, 0.2) is 0 Å². The van der Waals surface area contributed by atoms with Crippen molar-refractivity contribution in [2.24, 2.45) is 0 Å². The van der Waals surface area contributed by atoms with Crippen LogP contribution in [0.1, 0.15) is 28.5 Å². The van der Waals surface area contributed by atoms with Gasteiger partial charge in [-0.05, 0) is 25.5 Å². The highest BCUT2D eigenvalue weighted by Crippen LogP contribution is 2.12. The number of amides is 1. The van der Waals surface area contributed by atoms with E-state index in [0.29, 0.717) is 24.6 Å². The van der Waals surface area contributed by atoms with Crippen molar-refractivity contribution in [3.05, 3.63) is 47.5 Å². The Hall–Kier alpha value is -2.54. The Balaban J connectivity index is 1.54. The van der Waals surface area contributed by atoms with Gasteiger partial charge in [0.25, 0.3) is 5.91 Å². The highest BCUT2D eigenvalue weighted by molar-refractivity contribution is 5.93. The summed E-state index contributed by atoms with van der Waals surface area (Å²) in [7, 11) is 0. The van der Waals surface area contributed by atoms with Gasteiger partial charge in [-0.3, -0.25) is 14.7 Å². The third-order valence-corrected chi connectivity index (χ3v) is 4.38. The number of nitrogens with zero attached hydrogens (tertiary/aromatic N) is 5. The van der Waals surface area contributed by atoms with Gasteiger partial charge in [-0.15, -0.1) is 0 Å². The molecule has 132 valence electrons. The minimum atomic E-state index is -0.00304. The van der Waals surface area contributed by atoms with Gasteiger partial charge in [-0.1, -0.05) is 6.07 Å². The normalized spacial score (nSPS) is 15.2. The number of carbonyl (C=O) groups is 1. The smallest absolute Gasteiger partial charge is 0.257 e. The van der Waals surface area contributed by atoms with Crippen LogP contribution in [0.25, 0.3) is 0 Å². The molecule has 0 bridgehead atoms. The molecule has 0 radical (unpaired) electrons. The second-order valence-corrected chi connectivity index (χ2v) is 6.16. The summed E-state index contributed by atoms with van der Waals surface area (Å²) in [4.78, 5) is 29.6. The van der Waals surface area contributed by atoms with Crippen LogP contribution in [0.15, 0.2) is 30.7 Å². The first kappa shape index (κ1) is 17.3. The van der Waals surface area contributed by atoms with Gasteiger partial charge < -0.3 is 10.2 Å². The Morgan fingerprint density at radius 2 is 1.88 bits per heavy atom. The van der Waals surface area contributed by atoms with Gasteiger partial charge in [-0.2, -0.15) is 0 Å². The molecule has 0 saturated carbocycles. The fourth-order valence-electron chi connectivity index (χ4n) is 2.88. The number of pyridine rings is 1. The zero-order valence-electron chi connectivity index (χ0n) is 14.8. The lowest BCUT2D eigenvalue weighted by Gasteiger charge is -2.34. The number of anilines is 1. The molecule has 1 aliphatic rings. The van der Waals surface area contributed by atoms with Gasteiger partial charge in [0.1, 0.15) is 0 Å². The standard InChI is InChI=1S/C18H24N6O/c1-3-19-18-21-11-15(12-22-18)17(25)24-9-7-23(8-10-24)13-16-14(2)5-4-6-20-16/h4-6,11-12H,3,7-10,13H2,1-2H3,(H,19,21,22). The molecular formula is C18H24N6O. The van der Waals surface area contributed by atoms with Gasteiger partial charge in [0.2, 0.25) is 5.95 Å². The summed E-state index contributed by atoms with van der Waals surface area (Å²) >= 11 is 0. The Labute approximate surface area is 148 Å². The number of carbonyl (C=O) groups excluding carboxylic acids is 1. The molecule has 7 heteroatoms. The van der Waals surface area contributed by atoms with E-state index in [9.17, 15) is 4.79 Å². The van der Waals surface area contributed by atoms with E-state index < -0.39 is 0 Å². The van der Waals surface area contributed by atoms with Crippen molar-refractivity contribution in [3.63, 3.8) is 0 Å². The molecule has 0 atom stereocenters. The first-order chi connectivity index (χ1) is 12.2. The van der Waals surface area contributed by atoms with E-state index in [1.165, 1.54) is 5.56 Å². The molecule has 1 aliphatic heterocycles. The van der Waals surface area contributed by atoms with Crippen LogP contribution in [-0.4, -0.2) is 63.4 Å². The van der Waals surface area contributed by atoms with Crippen molar-refractivity contribution in [3.8, 4) is 0 Å². The Morgan fingerprint density at radius 1 is 1.16 bits per heavy atom. The summed E-state index contributed by atoms with van der Waals surface area (Å²) < 4.78 is 0. The van der Waals surface area contributed by atoms with Crippen molar-refractivity contribution in [2.45, 2.75) is 20.4 Å². The number of piperazine rings is 1. The number of nitrogens with one attached hydrogen (secondary N) is 1. The molecule has 7 nitrogen and oxygen atoms in total. The summed E-state index contributed by atoms with van der Waals surface area (Å²) in [5.74, 6) is 0.548. The Bertz CT molecular complexity index is 710. The fourth-order valence-corrected chi connectivity index (χ4v) is 2.88. The Morgan fingerprint density at radius 3 is 2.52 bits per heavy atom. The van der Waals surface area contributed by atoms with Crippen LogP contribution in [0.2, 0.25) is 0 Å². The van der Waals surface area contributed by atoms with Crippen LogP contribution in [0.3, 0.4) is 0 Å². The first-order valence-corrected chi connectivity index (χ1v) is 8.65. The van der Waals surface area contributed by atoms with E-state index in [2.05, 4.69) is 38.2 Å². The second kappa shape index (κ2) is 8.02. The van der Waals surface area contributed by atoms with E-state index >= 15 is 0 Å². The fraction of sp³-hybridized carbons (Fsp3) is 0.444. The number of hydrogen-bond donors (Lipinski definition) is 1. The van der Waals surface area contributed by atoms with Crippen molar-refractivity contribution >= 4 is 11.9 Å². The maximum Gasteiger partial charge on any atom is 0.257 e. The lowest BCUT2D eigenvalue weighted by atomic mass is 10.2. The second-order valence-electron chi connectivity index (χ2n) is 6.16. The first-order valence-electron chi connectivity index (χ1n) is 8.65. The van der Waals surface area contributed by atoms with E-state index in [4.69, 9.17) is 0 Å². The molecule has 1 saturated heterocycles. The molecule has 25 heavy (non-hydrogen) atoms. The average molecular weight is 340 g/mol. The molecule has 1 N–H and O–H groups in total. The maximum atomic E-state index is 12.6. The van der Waals surface area contributed by atoms with E-state index in [1.54, 1.807) is 12.4 Å². The van der Waals surface area contributed by atoms with E-state index in [1.807, 2.05) is 24.1 Å². The van der Waals surface area contributed by atoms with Crippen molar-refractivity contribution < 1.29 is 4.79 Å². The molecule has 0 unspecified atom stereocenters. The van der Waals surface area contributed by atoms with E-state index in [0.717, 1.165) is 31.9 Å². The van der Waals surface area contributed by atoms with Crippen LogP contribution in [0.4, 0.5) is 5.95 Å². The van der Waals surface area contributed by atoms with Crippen molar-refractivity contribution in [1.29, 1.82) is 0 Å². The molecule has 1 amide bonds. The minimum absolute atomic E-state index is 0.00304. The molecule has 3 rings (SSSR count). The molecule has 1 fully saturated rings. The summed E-state index contributed by atoms with van der Waals surface area (Å²) in [6.07, 6.45) is 5.02. The lowest BCUT2D eigenvalue weighted by Crippen LogP contribution is -2.48. The highest BCUT2D eigenvalue weighted by atomic mass is 16.2. The third-order valence-electron chi connectivity index (χ3n) is 4.38. The Kier molecular flexibility index (Phi) is 5.55. The van der Waals surface area contributed by atoms with Crippen LogP contribution < -0.4 is 5.32 Å². The molecule has 2 aromatic heterocycles. The van der Waals surface area contributed by atoms with E-state index in [-0.39, 0.29) is 5.91 Å². The molecule has 2 aromatic rings. The topological polar surface area (TPSA) is 74.2 Å². The summed E-state index contributed by atoms with van der Waals surface area (Å²) in [5.41, 5.74) is 2.85. The predicted molar refractivity (Wildman–Crippen MR) is 96.4 cm³/mol. The predicted octanol–water partition coefficient (Wildman–Crippen LogP) is 1.57. The monoisotopic (exact) mass is 340 g/mol. The van der Waals surface area contributed by atoms with Crippen molar-refractivity contribution in [1.82, 2.24) is 24.8 Å². The number of hydrogen-bond acceptors (Lipinski definition) is 6. The minimum Gasteiger partial charge on any atom is -0.355 e. The SMILES string of the molecule is CCNc1ncc(C(=O)N2CCN(Cc3ncccc3C)CC2)cn1. The zero-order chi connectivity index (χ0) is 17.6. The summed E-state index contributed by atoms with van der Waals surface area (Å²) in [6.45, 7) is 8.75. The summed E-state index contributed by atoms with van der Waals surface area (Å²) in [6, 6.07) is 4.04. The molecule has 0 aromatic carbocycles. The van der Waals surface area contributed by atoms with Crippen LogP contribution >= 0.6 is 0 Å². The quantitative estimate of drug-likeness (QED) is 0.891. The van der Waals surface area contributed by atoms with Crippen molar-refractivity contribution in [2.75, 3.05) is 38.0 Å². The number of aryl methyl sites for hydroxylation is 1. The lowest BCUT2D eigenvalue weighted by molar-refractivity contribution is 0.0626.